The molecule has 0 saturated carbocycles. The number of rotatable bonds is 3. The summed E-state index contributed by atoms with van der Waals surface area (Å²) in [5.41, 5.74) is 2.49. The Morgan fingerprint density at radius 1 is 1.44 bits per heavy atom. The average Bonchev–Trinajstić information content (AvgIpc) is 2.99. The Labute approximate surface area is 148 Å². The van der Waals surface area contributed by atoms with Crippen LogP contribution in [0.5, 0.6) is 5.75 Å². The molecule has 0 aliphatic carbocycles. The number of nitrogens with zero attached hydrogens (tertiary/aromatic N) is 2. The van der Waals surface area contributed by atoms with Crippen LogP contribution in [0.2, 0.25) is 0 Å². The van der Waals surface area contributed by atoms with Crippen LogP contribution in [-0.4, -0.2) is 22.1 Å². The van der Waals surface area contributed by atoms with Crippen LogP contribution in [0, 0.1) is 6.92 Å². The van der Waals surface area contributed by atoms with Crippen molar-refractivity contribution in [3.8, 4) is 5.75 Å². The van der Waals surface area contributed by atoms with Crippen LogP contribution >= 0.6 is 11.3 Å². The third-order valence-corrected chi connectivity index (χ3v) is 5.41. The maximum atomic E-state index is 12.5. The predicted molar refractivity (Wildman–Crippen MR) is 96.1 cm³/mol. The first-order chi connectivity index (χ1) is 12.1. The molecule has 1 atom stereocenters. The molecule has 1 amide bonds. The molecule has 0 radical (unpaired) electrons. The molecule has 0 spiro atoms. The molecule has 2 aromatic heterocycles. The fourth-order valence-corrected chi connectivity index (χ4v) is 4.01. The van der Waals surface area contributed by atoms with Gasteiger partial charge in [-0.2, -0.15) is 0 Å². The van der Waals surface area contributed by atoms with Gasteiger partial charge >= 0.3 is 0 Å². The van der Waals surface area contributed by atoms with Gasteiger partial charge < -0.3 is 10.1 Å². The predicted octanol–water partition coefficient (Wildman–Crippen LogP) is 2.41. The second kappa shape index (κ2) is 6.33. The first-order valence-electron chi connectivity index (χ1n) is 8.08. The van der Waals surface area contributed by atoms with Gasteiger partial charge in [-0.25, -0.2) is 4.98 Å². The minimum atomic E-state index is -0.210. The largest absolute Gasteiger partial charge is 0.493 e. The highest BCUT2D eigenvalue weighted by Gasteiger charge is 2.23. The minimum Gasteiger partial charge on any atom is -0.493 e. The molecular formula is C18H17N3O3S. The number of aromatic nitrogens is 2. The van der Waals surface area contributed by atoms with Crippen molar-refractivity contribution in [3.63, 3.8) is 0 Å². The molecule has 128 valence electrons. The first-order valence-corrected chi connectivity index (χ1v) is 8.96. The summed E-state index contributed by atoms with van der Waals surface area (Å²) in [7, 11) is 0. The van der Waals surface area contributed by atoms with Crippen LogP contribution in [0.4, 0.5) is 0 Å². The standard InChI is InChI=1S/C18H17N3O3S/c1-11-9-25-17-16(11)19-10-21(18(17)23)8-15(22)20-13-6-7-24-14-5-3-2-4-12(13)14/h2-5,9-10,13H,6-8H2,1H3,(H,20,22)/t13-/m1/s1. The summed E-state index contributed by atoms with van der Waals surface area (Å²) >= 11 is 1.36. The molecule has 0 unspecified atom stereocenters. The summed E-state index contributed by atoms with van der Waals surface area (Å²) in [5.74, 6) is 0.589. The molecule has 0 bridgehead atoms. The van der Waals surface area contributed by atoms with E-state index in [1.807, 2.05) is 36.6 Å². The number of hydrogen-bond acceptors (Lipinski definition) is 5. The topological polar surface area (TPSA) is 73.2 Å². The molecule has 3 heterocycles. The summed E-state index contributed by atoms with van der Waals surface area (Å²) in [6, 6.07) is 7.58. The monoisotopic (exact) mass is 355 g/mol. The molecule has 4 rings (SSSR count). The number of fused-ring (bicyclic) bond motifs is 2. The smallest absolute Gasteiger partial charge is 0.271 e. The fourth-order valence-electron chi connectivity index (χ4n) is 3.06. The van der Waals surface area contributed by atoms with Crippen LogP contribution in [0.25, 0.3) is 10.2 Å². The normalized spacial score (nSPS) is 16.3. The van der Waals surface area contributed by atoms with Gasteiger partial charge in [0.1, 0.15) is 17.0 Å². The van der Waals surface area contributed by atoms with Crippen molar-refractivity contribution in [1.29, 1.82) is 0 Å². The Balaban J connectivity index is 1.54. The second-order valence-corrected chi connectivity index (χ2v) is 6.95. The Morgan fingerprint density at radius 2 is 2.28 bits per heavy atom. The van der Waals surface area contributed by atoms with Crippen molar-refractivity contribution < 1.29 is 9.53 Å². The third-order valence-electron chi connectivity index (χ3n) is 4.33. The van der Waals surface area contributed by atoms with Crippen LogP contribution in [0.15, 0.2) is 40.8 Å². The number of thiophene rings is 1. The molecule has 0 saturated heterocycles. The summed E-state index contributed by atoms with van der Waals surface area (Å²) in [6.45, 7) is 2.44. The van der Waals surface area contributed by atoms with E-state index in [4.69, 9.17) is 4.74 Å². The van der Waals surface area contributed by atoms with Crippen LogP contribution < -0.4 is 15.6 Å². The van der Waals surface area contributed by atoms with Crippen LogP contribution in [-0.2, 0) is 11.3 Å². The average molecular weight is 355 g/mol. The van der Waals surface area contributed by atoms with E-state index in [-0.39, 0.29) is 24.1 Å². The number of amides is 1. The van der Waals surface area contributed by atoms with Gasteiger partial charge in [0.2, 0.25) is 5.91 Å². The molecule has 0 fully saturated rings. The number of benzene rings is 1. The number of hydrogen-bond donors (Lipinski definition) is 1. The molecule has 1 aliphatic heterocycles. The number of aryl methyl sites for hydroxylation is 1. The van der Waals surface area contributed by atoms with Crippen LogP contribution in [0.1, 0.15) is 23.6 Å². The van der Waals surface area contributed by atoms with Crippen molar-refractivity contribution in [3.05, 3.63) is 57.5 Å². The highest BCUT2D eigenvalue weighted by atomic mass is 32.1. The third kappa shape index (κ3) is 2.91. The lowest BCUT2D eigenvalue weighted by Gasteiger charge is -2.26. The zero-order chi connectivity index (χ0) is 17.4. The van der Waals surface area contributed by atoms with E-state index < -0.39 is 0 Å². The zero-order valence-corrected chi connectivity index (χ0v) is 14.5. The van der Waals surface area contributed by atoms with Crippen molar-refractivity contribution in [1.82, 2.24) is 14.9 Å². The highest BCUT2D eigenvalue weighted by molar-refractivity contribution is 7.17. The van der Waals surface area contributed by atoms with E-state index in [9.17, 15) is 9.59 Å². The molecule has 6 nitrogen and oxygen atoms in total. The van der Waals surface area contributed by atoms with Gasteiger partial charge in [0.05, 0.1) is 24.5 Å². The van der Waals surface area contributed by atoms with E-state index in [1.165, 1.54) is 22.2 Å². The molecule has 1 aliphatic rings. The van der Waals surface area contributed by atoms with E-state index in [2.05, 4.69) is 10.3 Å². The van der Waals surface area contributed by atoms with Gasteiger partial charge in [0.15, 0.2) is 0 Å². The summed E-state index contributed by atoms with van der Waals surface area (Å²) in [5, 5.41) is 4.91. The number of carbonyl (C=O) groups excluding carboxylic acids is 1. The lowest BCUT2D eigenvalue weighted by atomic mass is 10.0. The molecule has 25 heavy (non-hydrogen) atoms. The highest BCUT2D eigenvalue weighted by Crippen LogP contribution is 2.31. The fraction of sp³-hybridized carbons (Fsp3) is 0.278. The van der Waals surface area contributed by atoms with E-state index in [0.29, 0.717) is 23.2 Å². The van der Waals surface area contributed by atoms with Gasteiger partial charge in [0.25, 0.3) is 5.56 Å². The number of nitrogens with one attached hydrogen (secondary N) is 1. The lowest BCUT2D eigenvalue weighted by Crippen LogP contribution is -2.36. The van der Waals surface area contributed by atoms with Gasteiger partial charge in [-0.3, -0.25) is 14.2 Å². The molecule has 1 N–H and O–H groups in total. The van der Waals surface area contributed by atoms with E-state index in [1.54, 1.807) is 0 Å². The number of carbonyl (C=O) groups is 1. The van der Waals surface area contributed by atoms with Crippen molar-refractivity contribution >= 4 is 27.5 Å². The quantitative estimate of drug-likeness (QED) is 0.783. The summed E-state index contributed by atoms with van der Waals surface area (Å²) in [4.78, 5) is 29.3. The Hall–Kier alpha value is -2.67. The van der Waals surface area contributed by atoms with Gasteiger partial charge in [-0.1, -0.05) is 18.2 Å². The minimum absolute atomic E-state index is 0.0434. The number of para-hydroxylation sites is 1. The molecule has 1 aromatic carbocycles. The molecule has 7 heteroatoms. The summed E-state index contributed by atoms with van der Waals surface area (Å²) < 4.78 is 7.56. The van der Waals surface area contributed by atoms with Crippen molar-refractivity contribution in [2.75, 3.05) is 6.61 Å². The zero-order valence-electron chi connectivity index (χ0n) is 13.7. The Bertz CT molecular complexity index is 1010. The van der Waals surface area contributed by atoms with E-state index in [0.717, 1.165) is 16.9 Å². The number of ether oxygens (including phenoxy) is 1. The van der Waals surface area contributed by atoms with Gasteiger partial charge in [0, 0.05) is 12.0 Å². The lowest BCUT2D eigenvalue weighted by molar-refractivity contribution is -0.122. The summed E-state index contributed by atoms with van der Waals surface area (Å²) in [6.07, 6.45) is 2.15. The molecular weight excluding hydrogens is 338 g/mol. The molecule has 3 aromatic rings. The Kier molecular flexibility index (Phi) is 4.01. The maximum absolute atomic E-state index is 12.5. The second-order valence-electron chi connectivity index (χ2n) is 6.07. The maximum Gasteiger partial charge on any atom is 0.271 e. The Morgan fingerprint density at radius 3 is 3.16 bits per heavy atom. The van der Waals surface area contributed by atoms with Gasteiger partial charge in [-0.05, 0) is 23.9 Å². The SMILES string of the molecule is Cc1csc2c(=O)n(CC(=O)N[C@@H]3CCOc4ccccc43)cnc12. The first kappa shape index (κ1) is 15.8. The van der Waals surface area contributed by atoms with Crippen LogP contribution in [0.3, 0.4) is 0 Å². The van der Waals surface area contributed by atoms with Crippen molar-refractivity contribution in [2.24, 2.45) is 0 Å². The van der Waals surface area contributed by atoms with Crippen molar-refractivity contribution in [2.45, 2.75) is 25.9 Å². The van der Waals surface area contributed by atoms with Gasteiger partial charge in [-0.15, -0.1) is 11.3 Å². The van der Waals surface area contributed by atoms with E-state index >= 15 is 0 Å².